The first-order valence-electron chi connectivity index (χ1n) is 10.6. The van der Waals surface area contributed by atoms with Crippen LogP contribution in [-0.4, -0.2) is 25.8 Å². The molecule has 2 aromatic carbocycles. The molecule has 0 bridgehead atoms. The molecule has 4 rings (SSSR count). The summed E-state index contributed by atoms with van der Waals surface area (Å²) in [6, 6.07) is 8.81. The minimum atomic E-state index is -4.88. The van der Waals surface area contributed by atoms with Crippen LogP contribution in [-0.2, 0) is 25.2 Å². The number of aryl methyl sites for hydroxylation is 1. The van der Waals surface area contributed by atoms with Crippen LogP contribution in [0.3, 0.4) is 0 Å². The van der Waals surface area contributed by atoms with Gasteiger partial charge in [0, 0.05) is 25.4 Å². The van der Waals surface area contributed by atoms with Crippen molar-refractivity contribution < 1.29 is 26.7 Å². The molecular weight excluding hydrogens is 519 g/mol. The first-order chi connectivity index (χ1) is 17.5. The highest BCUT2D eigenvalue weighted by molar-refractivity contribution is 6.30. The molecule has 192 valence electrons. The number of hydrogen-bond acceptors (Lipinski definition) is 4. The van der Waals surface area contributed by atoms with E-state index < -0.39 is 34.9 Å². The fourth-order valence-electron chi connectivity index (χ4n) is 3.79. The molecule has 2 aromatic heterocycles. The number of nitrogens with one attached hydrogen (secondary N) is 2. The Kier molecular flexibility index (Phi) is 7.12. The second kappa shape index (κ2) is 10.1. The maximum absolute atomic E-state index is 14.6. The number of anilines is 1. The van der Waals surface area contributed by atoms with Crippen LogP contribution in [0.4, 0.5) is 32.4 Å². The number of benzene rings is 2. The van der Waals surface area contributed by atoms with Gasteiger partial charge in [0.2, 0.25) is 0 Å². The number of aromatic nitrogens is 4. The van der Waals surface area contributed by atoms with Gasteiger partial charge in [-0.1, -0.05) is 17.7 Å². The number of rotatable bonds is 6. The largest absolute Gasteiger partial charge is 0.416 e. The monoisotopic (exact) mass is 536 g/mol. The van der Waals surface area contributed by atoms with Crippen LogP contribution in [0.25, 0.3) is 0 Å². The van der Waals surface area contributed by atoms with Gasteiger partial charge in [-0.3, -0.25) is 9.67 Å². The van der Waals surface area contributed by atoms with E-state index in [0.717, 1.165) is 18.2 Å². The van der Waals surface area contributed by atoms with Gasteiger partial charge in [0.05, 0.1) is 16.3 Å². The summed E-state index contributed by atoms with van der Waals surface area (Å²) < 4.78 is 70.6. The predicted octanol–water partition coefficient (Wildman–Crippen LogP) is 5.47. The van der Waals surface area contributed by atoms with Crippen LogP contribution in [0.1, 0.15) is 22.6 Å². The summed E-state index contributed by atoms with van der Waals surface area (Å²) in [4.78, 5) is 21.5. The third kappa shape index (κ3) is 5.85. The fraction of sp³-hybridized carbons (Fsp3) is 0.167. The van der Waals surface area contributed by atoms with Gasteiger partial charge >= 0.3 is 12.2 Å². The molecule has 2 heterocycles. The Morgan fingerprint density at radius 1 is 1.00 bits per heavy atom. The highest BCUT2D eigenvalue weighted by atomic mass is 35.5. The van der Waals surface area contributed by atoms with Crippen LogP contribution >= 0.6 is 11.6 Å². The van der Waals surface area contributed by atoms with E-state index in [1.807, 2.05) is 0 Å². The zero-order valence-corrected chi connectivity index (χ0v) is 19.8. The van der Waals surface area contributed by atoms with Crippen molar-refractivity contribution in [1.82, 2.24) is 25.1 Å². The molecule has 0 saturated heterocycles. The third-order valence-corrected chi connectivity index (χ3v) is 5.74. The van der Waals surface area contributed by atoms with E-state index in [1.54, 1.807) is 7.05 Å². The van der Waals surface area contributed by atoms with Crippen molar-refractivity contribution in [2.75, 3.05) is 5.32 Å². The molecule has 4 aromatic rings. The summed E-state index contributed by atoms with van der Waals surface area (Å²) >= 11 is 5.98. The van der Waals surface area contributed by atoms with E-state index in [1.165, 1.54) is 47.5 Å². The number of halogens is 6. The first-order valence-corrected chi connectivity index (χ1v) is 11.0. The van der Waals surface area contributed by atoms with Crippen molar-refractivity contribution in [2.45, 2.75) is 18.1 Å². The quantitative estimate of drug-likeness (QED) is 0.320. The van der Waals surface area contributed by atoms with Gasteiger partial charge in [-0.05, 0) is 54.1 Å². The molecule has 0 radical (unpaired) electrons. The van der Waals surface area contributed by atoms with E-state index in [0.29, 0.717) is 6.07 Å². The molecule has 7 nitrogen and oxygen atoms in total. The van der Waals surface area contributed by atoms with Crippen LogP contribution < -0.4 is 10.6 Å². The Bertz CT molecular complexity index is 1430. The summed E-state index contributed by atoms with van der Waals surface area (Å²) in [6.07, 6.45) is -2.71. The second-order valence-corrected chi connectivity index (χ2v) is 8.50. The smallest absolute Gasteiger partial charge is 0.322 e. The summed E-state index contributed by atoms with van der Waals surface area (Å²) in [5.41, 5.74) is -3.33. The number of hydrogen-bond donors (Lipinski definition) is 2. The van der Waals surface area contributed by atoms with Gasteiger partial charge in [0.25, 0.3) is 0 Å². The van der Waals surface area contributed by atoms with Gasteiger partial charge in [-0.25, -0.2) is 18.6 Å². The lowest BCUT2D eigenvalue weighted by molar-refractivity contribution is -0.137. The normalized spacial score (nSPS) is 13.2. The van der Waals surface area contributed by atoms with Gasteiger partial charge in [0.1, 0.15) is 29.3 Å². The fourth-order valence-corrected chi connectivity index (χ4v) is 3.90. The lowest BCUT2D eigenvalue weighted by Gasteiger charge is -2.35. The average molecular weight is 537 g/mol. The second-order valence-electron chi connectivity index (χ2n) is 8.06. The standard InChI is InChI=1S/C24H18ClF5N6O/c1-36-21(32-13-33-36)11-23(20-6-5-16(25)12-31-20,14-7-15(24(28,29)30)9-18(27)8-14)35-22(37)34-19-4-2-3-17(26)10-19/h2-10,12-13H,11H2,1H3,(H2,34,35,37)/t23-/m0/s1. The predicted molar refractivity (Wildman–Crippen MR) is 125 cm³/mol. The number of urea groups is 1. The van der Waals surface area contributed by atoms with E-state index in [-0.39, 0.29) is 34.2 Å². The molecule has 0 spiro atoms. The molecule has 0 aliphatic carbocycles. The van der Waals surface area contributed by atoms with Crippen LogP contribution in [0.15, 0.2) is 67.1 Å². The van der Waals surface area contributed by atoms with Gasteiger partial charge < -0.3 is 10.6 Å². The summed E-state index contributed by atoms with van der Waals surface area (Å²) in [5, 5.41) is 9.26. The average Bonchev–Trinajstić information content (AvgIpc) is 3.22. The Hall–Kier alpha value is -4.06. The maximum atomic E-state index is 14.6. The zero-order chi connectivity index (χ0) is 26.8. The van der Waals surface area contributed by atoms with Crippen molar-refractivity contribution in [3.63, 3.8) is 0 Å². The summed E-state index contributed by atoms with van der Waals surface area (Å²) in [7, 11) is 1.54. The Balaban J connectivity index is 1.92. The topological polar surface area (TPSA) is 84.7 Å². The molecule has 0 aliphatic heterocycles. The lowest BCUT2D eigenvalue weighted by Crippen LogP contribution is -2.51. The SMILES string of the molecule is Cn1ncnc1C[C@](NC(=O)Nc1cccc(F)c1)(c1cc(F)cc(C(F)(F)F)c1)c1ccc(Cl)cn1. The molecule has 2 amide bonds. The first kappa shape index (κ1) is 26.0. The number of nitrogens with zero attached hydrogens (tertiary/aromatic N) is 4. The maximum Gasteiger partial charge on any atom is 0.416 e. The molecule has 2 N–H and O–H groups in total. The van der Waals surface area contributed by atoms with Crippen molar-refractivity contribution >= 4 is 23.3 Å². The van der Waals surface area contributed by atoms with Crippen molar-refractivity contribution in [1.29, 1.82) is 0 Å². The van der Waals surface area contributed by atoms with Crippen LogP contribution in [0.2, 0.25) is 5.02 Å². The van der Waals surface area contributed by atoms with Crippen molar-refractivity contribution in [3.8, 4) is 0 Å². The van der Waals surface area contributed by atoms with E-state index in [4.69, 9.17) is 11.6 Å². The number of alkyl halides is 3. The molecule has 0 fully saturated rings. The molecular formula is C24H18ClF5N6O. The minimum absolute atomic E-state index is 0.0352. The van der Waals surface area contributed by atoms with Crippen LogP contribution in [0, 0.1) is 11.6 Å². The van der Waals surface area contributed by atoms with E-state index >= 15 is 0 Å². The Morgan fingerprint density at radius 3 is 2.38 bits per heavy atom. The molecule has 0 aliphatic rings. The van der Waals surface area contributed by atoms with Crippen molar-refractivity contribution in [3.05, 3.63) is 106 Å². The molecule has 13 heteroatoms. The van der Waals surface area contributed by atoms with Gasteiger partial charge in [0.15, 0.2) is 0 Å². The van der Waals surface area contributed by atoms with Gasteiger partial charge in [-0.2, -0.15) is 18.3 Å². The molecule has 1 atom stereocenters. The number of pyridine rings is 1. The highest BCUT2D eigenvalue weighted by Gasteiger charge is 2.42. The number of amides is 2. The van der Waals surface area contributed by atoms with Gasteiger partial charge in [-0.15, -0.1) is 0 Å². The number of carbonyl (C=O) groups is 1. The third-order valence-electron chi connectivity index (χ3n) is 5.52. The lowest BCUT2D eigenvalue weighted by atomic mass is 9.81. The van der Waals surface area contributed by atoms with E-state index in [2.05, 4.69) is 25.7 Å². The van der Waals surface area contributed by atoms with E-state index in [9.17, 15) is 26.7 Å². The molecule has 37 heavy (non-hydrogen) atoms. The number of carbonyl (C=O) groups excluding carboxylic acids is 1. The highest BCUT2D eigenvalue weighted by Crippen LogP contribution is 2.37. The van der Waals surface area contributed by atoms with Crippen LogP contribution in [0.5, 0.6) is 0 Å². The summed E-state index contributed by atoms with van der Waals surface area (Å²) in [6.45, 7) is 0. The Morgan fingerprint density at radius 2 is 1.76 bits per heavy atom. The molecule has 0 unspecified atom stereocenters. The van der Waals surface area contributed by atoms with Crippen molar-refractivity contribution in [2.24, 2.45) is 7.05 Å². The Labute approximate surface area is 212 Å². The molecule has 0 saturated carbocycles. The minimum Gasteiger partial charge on any atom is -0.322 e. The zero-order valence-electron chi connectivity index (χ0n) is 19.0. The summed E-state index contributed by atoms with van der Waals surface area (Å²) in [5.74, 6) is -1.57.